The molecule has 4 aromatic rings. The van der Waals surface area contributed by atoms with Crippen molar-refractivity contribution >= 4 is 68.9 Å². The maximum atomic E-state index is 15.2. The summed E-state index contributed by atoms with van der Waals surface area (Å²) in [6.07, 6.45) is 0. The SMILES string of the molecule is O=C1C(=O)N(c2nnc(SCc3ccc(Cl)cc3Cl)s2)C(c2ccccc2F)C1=C(O)c1ccc2c(c1)OCCO2. The Hall–Kier alpha value is -3.64. The summed E-state index contributed by atoms with van der Waals surface area (Å²) in [7, 11) is 0. The third kappa shape index (κ3) is 5.26. The van der Waals surface area contributed by atoms with E-state index in [0.29, 0.717) is 44.9 Å². The van der Waals surface area contributed by atoms with E-state index in [-0.39, 0.29) is 21.8 Å². The number of anilines is 1. The molecule has 0 radical (unpaired) electrons. The smallest absolute Gasteiger partial charge is 0.301 e. The zero-order valence-electron chi connectivity index (χ0n) is 20.8. The molecule has 2 aliphatic heterocycles. The number of rotatable bonds is 6. The van der Waals surface area contributed by atoms with E-state index in [1.54, 1.807) is 30.3 Å². The van der Waals surface area contributed by atoms with Crippen LogP contribution < -0.4 is 14.4 Å². The van der Waals surface area contributed by atoms with Crippen molar-refractivity contribution in [3.8, 4) is 11.5 Å². The Bertz CT molecular complexity index is 1730. The molecule has 13 heteroatoms. The van der Waals surface area contributed by atoms with Crippen LogP contribution in [0.3, 0.4) is 0 Å². The van der Waals surface area contributed by atoms with Crippen LogP contribution in [-0.4, -0.2) is 40.2 Å². The number of thioether (sulfide) groups is 1. The number of halogens is 3. The molecule has 2 aliphatic rings. The van der Waals surface area contributed by atoms with Crippen LogP contribution in [0.15, 0.2) is 70.6 Å². The molecular formula is C28H18Cl2FN3O5S2. The van der Waals surface area contributed by atoms with Crippen LogP contribution in [0, 0.1) is 5.82 Å². The second-order valence-corrected chi connectivity index (χ2v) is 11.9. The number of carbonyl (C=O) groups is 2. The Morgan fingerprint density at radius 2 is 1.83 bits per heavy atom. The molecule has 1 saturated heterocycles. The number of aliphatic hydroxyl groups is 1. The number of aliphatic hydroxyl groups excluding tert-OH is 1. The monoisotopic (exact) mass is 629 g/mol. The first kappa shape index (κ1) is 27.5. The number of hydrogen-bond donors (Lipinski definition) is 1. The summed E-state index contributed by atoms with van der Waals surface area (Å²) in [5, 5.41) is 20.8. The van der Waals surface area contributed by atoms with E-state index < -0.39 is 29.3 Å². The molecule has 0 bridgehead atoms. The average Bonchev–Trinajstić information content (AvgIpc) is 3.54. The molecule has 3 aromatic carbocycles. The quantitative estimate of drug-likeness (QED) is 0.0829. The second kappa shape index (κ2) is 11.3. The predicted octanol–water partition coefficient (Wildman–Crippen LogP) is 6.67. The third-order valence-corrected chi connectivity index (χ3v) is 9.12. The van der Waals surface area contributed by atoms with Crippen LogP contribution in [0.5, 0.6) is 11.5 Å². The van der Waals surface area contributed by atoms with E-state index in [1.165, 1.54) is 42.1 Å². The van der Waals surface area contributed by atoms with Gasteiger partial charge in [-0.05, 0) is 42.0 Å². The van der Waals surface area contributed by atoms with Crippen LogP contribution in [0.4, 0.5) is 9.52 Å². The van der Waals surface area contributed by atoms with Crippen LogP contribution in [0.25, 0.3) is 5.76 Å². The standard InChI is InChI=1S/C28H18Cl2FN3O5S2/c29-16-7-5-15(18(30)12-16)13-40-28-33-32-27(41-28)34-23(17-3-1-2-4-19(17)31)22(25(36)26(34)37)24(35)14-6-8-20-21(11-14)39-10-9-38-20/h1-8,11-12,23,35H,9-10,13H2. The van der Waals surface area contributed by atoms with Gasteiger partial charge in [0.1, 0.15) is 30.8 Å². The molecule has 1 unspecified atom stereocenters. The first-order chi connectivity index (χ1) is 19.8. The van der Waals surface area contributed by atoms with E-state index in [2.05, 4.69) is 10.2 Å². The highest BCUT2D eigenvalue weighted by Gasteiger charge is 2.49. The van der Waals surface area contributed by atoms with Crippen molar-refractivity contribution in [3.05, 3.63) is 98.8 Å². The van der Waals surface area contributed by atoms with Gasteiger partial charge in [-0.2, -0.15) is 0 Å². The maximum Gasteiger partial charge on any atom is 0.301 e. The van der Waals surface area contributed by atoms with E-state index in [0.717, 1.165) is 21.8 Å². The Morgan fingerprint density at radius 1 is 1.05 bits per heavy atom. The maximum absolute atomic E-state index is 15.2. The fraction of sp³-hybridized carbons (Fsp3) is 0.143. The van der Waals surface area contributed by atoms with Gasteiger partial charge in [0.15, 0.2) is 15.8 Å². The van der Waals surface area contributed by atoms with E-state index in [4.69, 9.17) is 32.7 Å². The minimum atomic E-state index is -1.29. The number of benzene rings is 3. The Labute approximate surface area is 251 Å². The van der Waals surface area contributed by atoms with Crippen LogP contribution in [-0.2, 0) is 15.3 Å². The number of hydrogen-bond acceptors (Lipinski definition) is 9. The highest BCUT2D eigenvalue weighted by Crippen LogP contribution is 2.45. The zero-order chi connectivity index (χ0) is 28.7. The van der Waals surface area contributed by atoms with Crippen LogP contribution in [0.2, 0.25) is 10.0 Å². The number of nitrogens with zero attached hydrogens (tertiary/aromatic N) is 3. The van der Waals surface area contributed by atoms with Gasteiger partial charge in [-0.25, -0.2) is 4.39 Å². The number of carbonyl (C=O) groups excluding carboxylic acids is 2. The van der Waals surface area contributed by atoms with Crippen molar-refractivity contribution in [1.29, 1.82) is 0 Å². The van der Waals surface area contributed by atoms with E-state index >= 15 is 4.39 Å². The summed E-state index contributed by atoms with van der Waals surface area (Å²) in [6.45, 7) is 0.698. The average molecular weight is 631 g/mol. The molecule has 1 fully saturated rings. The van der Waals surface area contributed by atoms with Gasteiger partial charge in [0.25, 0.3) is 5.78 Å². The van der Waals surface area contributed by atoms with Crippen molar-refractivity contribution in [2.24, 2.45) is 0 Å². The van der Waals surface area contributed by atoms with Gasteiger partial charge in [0, 0.05) is 26.9 Å². The van der Waals surface area contributed by atoms with E-state index in [9.17, 15) is 14.7 Å². The van der Waals surface area contributed by atoms with Gasteiger partial charge in [-0.1, -0.05) is 70.6 Å². The second-order valence-electron chi connectivity index (χ2n) is 8.92. The Kier molecular flexibility index (Phi) is 7.60. The van der Waals surface area contributed by atoms with Crippen LogP contribution in [0.1, 0.15) is 22.7 Å². The molecule has 6 rings (SSSR count). The topological polar surface area (TPSA) is 102 Å². The molecule has 41 heavy (non-hydrogen) atoms. The lowest BCUT2D eigenvalue weighted by molar-refractivity contribution is -0.132. The summed E-state index contributed by atoms with van der Waals surface area (Å²) in [6, 6.07) is 14.3. The number of fused-ring (bicyclic) bond motifs is 1. The number of ether oxygens (including phenoxy) is 2. The van der Waals surface area contributed by atoms with Gasteiger partial charge < -0.3 is 14.6 Å². The molecule has 3 heterocycles. The summed E-state index contributed by atoms with van der Waals surface area (Å²) < 4.78 is 26.8. The number of ketones is 1. The first-order valence-corrected chi connectivity index (χ1v) is 14.7. The van der Waals surface area contributed by atoms with Gasteiger partial charge in [-0.15, -0.1) is 10.2 Å². The molecule has 1 aromatic heterocycles. The molecule has 1 N–H and O–H groups in total. The minimum absolute atomic E-state index is 0.0168. The van der Waals surface area contributed by atoms with E-state index in [1.807, 2.05) is 0 Å². The van der Waals surface area contributed by atoms with Gasteiger partial charge in [0.05, 0.1) is 5.57 Å². The fourth-order valence-corrected chi connectivity index (χ4v) is 6.93. The lowest BCUT2D eigenvalue weighted by atomic mass is 9.95. The van der Waals surface area contributed by atoms with Crippen molar-refractivity contribution in [3.63, 3.8) is 0 Å². The summed E-state index contributed by atoms with van der Waals surface area (Å²) in [5.41, 5.74) is 0.767. The van der Waals surface area contributed by atoms with Crippen molar-refractivity contribution < 1.29 is 28.6 Å². The molecular weight excluding hydrogens is 612 g/mol. The molecule has 8 nitrogen and oxygen atoms in total. The van der Waals surface area contributed by atoms with Crippen molar-refractivity contribution in [1.82, 2.24) is 10.2 Å². The minimum Gasteiger partial charge on any atom is -0.507 e. The van der Waals surface area contributed by atoms with Gasteiger partial charge >= 0.3 is 5.91 Å². The van der Waals surface area contributed by atoms with Crippen LogP contribution >= 0.6 is 46.3 Å². The summed E-state index contributed by atoms with van der Waals surface area (Å²) in [5.74, 6) is -1.78. The number of Topliss-reactive ketones (excluding diaryl/α,β-unsaturated/α-hetero) is 1. The Morgan fingerprint density at radius 3 is 2.61 bits per heavy atom. The predicted molar refractivity (Wildman–Crippen MR) is 155 cm³/mol. The third-order valence-electron chi connectivity index (χ3n) is 6.43. The molecule has 1 amide bonds. The first-order valence-electron chi connectivity index (χ1n) is 12.2. The van der Waals surface area contributed by atoms with Gasteiger partial charge in [0.2, 0.25) is 5.13 Å². The van der Waals surface area contributed by atoms with Crippen molar-refractivity contribution in [2.45, 2.75) is 16.1 Å². The lowest BCUT2D eigenvalue weighted by Crippen LogP contribution is -2.29. The summed E-state index contributed by atoms with van der Waals surface area (Å²) >= 11 is 14.6. The Balaban J connectivity index is 1.39. The fourth-order valence-electron chi connectivity index (χ4n) is 4.50. The zero-order valence-corrected chi connectivity index (χ0v) is 24.0. The molecule has 0 aliphatic carbocycles. The molecule has 0 saturated carbocycles. The normalized spacial score (nSPS) is 17.7. The van der Waals surface area contributed by atoms with Gasteiger partial charge in [-0.3, -0.25) is 14.5 Å². The largest absolute Gasteiger partial charge is 0.507 e. The van der Waals surface area contributed by atoms with Crippen molar-refractivity contribution in [2.75, 3.05) is 18.1 Å². The highest BCUT2D eigenvalue weighted by atomic mass is 35.5. The summed E-state index contributed by atoms with van der Waals surface area (Å²) in [4.78, 5) is 27.9. The molecule has 208 valence electrons. The number of aromatic nitrogens is 2. The number of amides is 1. The lowest BCUT2D eigenvalue weighted by Gasteiger charge is -2.23. The highest BCUT2D eigenvalue weighted by molar-refractivity contribution is 8.00. The molecule has 1 atom stereocenters. The molecule has 0 spiro atoms.